The normalized spacial score (nSPS) is 20.5. The van der Waals surface area contributed by atoms with Crippen LogP contribution in [0.15, 0.2) is 91.6 Å². The summed E-state index contributed by atoms with van der Waals surface area (Å²) in [5, 5.41) is 26.6. The van der Waals surface area contributed by atoms with Gasteiger partial charge in [0.25, 0.3) is 5.91 Å². The van der Waals surface area contributed by atoms with Gasteiger partial charge in [-0.15, -0.1) is 6.58 Å². The van der Waals surface area contributed by atoms with E-state index < -0.39 is 65.2 Å². The van der Waals surface area contributed by atoms with E-state index in [0.29, 0.717) is 24.0 Å². The number of benzene rings is 2. The molecule has 2 aromatic rings. The molecule has 1 saturated heterocycles. The molecule has 3 amide bonds. The Labute approximate surface area is 332 Å². The lowest BCUT2D eigenvalue weighted by atomic mass is 9.93. The van der Waals surface area contributed by atoms with Gasteiger partial charge in [0.05, 0.1) is 17.8 Å². The Morgan fingerprint density at radius 1 is 1.04 bits per heavy atom. The highest BCUT2D eigenvalue weighted by molar-refractivity contribution is 5.96. The quantitative estimate of drug-likeness (QED) is 0.0566. The predicted molar refractivity (Wildman–Crippen MR) is 215 cm³/mol. The maximum absolute atomic E-state index is 14.3. The van der Waals surface area contributed by atoms with E-state index in [9.17, 15) is 29.4 Å². The molecule has 9 atom stereocenters. The first-order chi connectivity index (χ1) is 26.3. The molecule has 12 heteroatoms. The average Bonchev–Trinajstić information content (AvgIpc) is 3.84. The van der Waals surface area contributed by atoms with Crippen LogP contribution < -0.4 is 10.6 Å². The lowest BCUT2D eigenvalue weighted by Gasteiger charge is -2.35. The van der Waals surface area contributed by atoms with Crippen LogP contribution in [0.25, 0.3) is 0 Å². The standard InChI is InChI=1S/C44H61N3O9/c1-12-18-29(6)34(54-11)26-35-44(9,56-35)42(52)47(10)36(27(4)13-2)40(50)45-33(25-30-21-23-32(48)24-22-30)39(49)46-38(43(7,8)53)41(51)55-37(28(5)14-3)31-19-16-15-17-20-31/h12,14-24,27-28,33-38,48,53H,1,3,13,25-26H2,2,4-11H3,(H,45,50)(H,46,49)/b29-18+/t27?,28?,33?,34?,35-,36?,37?,38?,44+/m0/s1. The van der Waals surface area contributed by atoms with Crippen molar-refractivity contribution in [1.29, 1.82) is 0 Å². The molecule has 3 rings (SSSR count). The number of phenolic OH excluding ortho intramolecular Hbond substituents is 1. The first-order valence-corrected chi connectivity index (χ1v) is 19.1. The van der Waals surface area contributed by atoms with Crippen molar-refractivity contribution < 1.29 is 43.6 Å². The molecule has 0 aliphatic carbocycles. The molecule has 1 aliphatic heterocycles. The zero-order valence-corrected chi connectivity index (χ0v) is 34.3. The van der Waals surface area contributed by atoms with Gasteiger partial charge in [-0.25, -0.2) is 4.79 Å². The lowest BCUT2D eigenvalue weighted by Crippen LogP contribution is -2.61. The summed E-state index contributed by atoms with van der Waals surface area (Å²) >= 11 is 0. The number of aromatic hydroxyl groups is 1. The van der Waals surface area contributed by atoms with Crippen LogP contribution in [-0.2, 0) is 39.8 Å². The number of hydrogen-bond donors (Lipinski definition) is 4. The van der Waals surface area contributed by atoms with Crippen LogP contribution in [0.2, 0.25) is 0 Å². The van der Waals surface area contributed by atoms with Crippen molar-refractivity contribution in [2.45, 2.75) is 115 Å². The second-order valence-corrected chi connectivity index (χ2v) is 15.5. The van der Waals surface area contributed by atoms with E-state index >= 15 is 0 Å². The van der Waals surface area contributed by atoms with Crippen molar-refractivity contribution in [3.05, 3.63) is 103 Å². The molecule has 12 nitrogen and oxygen atoms in total. The van der Waals surface area contributed by atoms with Crippen LogP contribution in [0.3, 0.4) is 0 Å². The molecule has 1 aliphatic rings. The fourth-order valence-electron chi connectivity index (χ4n) is 6.73. The van der Waals surface area contributed by atoms with Crippen molar-refractivity contribution in [3.8, 4) is 5.75 Å². The van der Waals surface area contributed by atoms with Crippen LogP contribution in [0.1, 0.15) is 78.5 Å². The Balaban J connectivity index is 1.91. The van der Waals surface area contributed by atoms with Gasteiger partial charge in [-0.3, -0.25) is 14.4 Å². The van der Waals surface area contributed by atoms with E-state index in [1.807, 2.05) is 64.1 Å². The maximum Gasteiger partial charge on any atom is 0.332 e. The zero-order chi connectivity index (χ0) is 42.0. The third-order valence-corrected chi connectivity index (χ3v) is 10.6. The number of nitrogens with one attached hydrogen (secondary N) is 2. The first-order valence-electron chi connectivity index (χ1n) is 19.1. The Morgan fingerprint density at radius 2 is 1.66 bits per heavy atom. The molecule has 4 N–H and O–H groups in total. The van der Waals surface area contributed by atoms with Gasteiger partial charge in [0.15, 0.2) is 11.6 Å². The Hall–Kier alpha value is -4.78. The van der Waals surface area contributed by atoms with Gasteiger partial charge in [0.2, 0.25) is 11.8 Å². The summed E-state index contributed by atoms with van der Waals surface area (Å²) in [6.07, 6.45) is 4.54. The minimum absolute atomic E-state index is 0.0140. The number of epoxide rings is 1. The van der Waals surface area contributed by atoms with Crippen LogP contribution >= 0.6 is 0 Å². The molecule has 2 aromatic carbocycles. The number of carbonyl (C=O) groups excluding carboxylic acids is 4. The summed E-state index contributed by atoms with van der Waals surface area (Å²) in [6.45, 7) is 19.5. The number of rotatable bonds is 21. The summed E-state index contributed by atoms with van der Waals surface area (Å²) in [5.41, 5.74) is -0.762. The fraction of sp³-hybridized carbons (Fsp3) is 0.500. The van der Waals surface area contributed by atoms with Crippen LogP contribution in [-0.4, -0.2) is 94.5 Å². The zero-order valence-electron chi connectivity index (χ0n) is 34.3. The number of esters is 1. The Morgan fingerprint density at radius 3 is 2.20 bits per heavy atom. The summed E-state index contributed by atoms with van der Waals surface area (Å²) in [5.74, 6) is -3.28. The number of nitrogens with zero attached hydrogens (tertiary/aromatic N) is 1. The van der Waals surface area contributed by atoms with Crippen LogP contribution in [0.5, 0.6) is 5.75 Å². The molecule has 56 heavy (non-hydrogen) atoms. The van der Waals surface area contributed by atoms with E-state index in [1.54, 1.807) is 45.4 Å². The molecular weight excluding hydrogens is 714 g/mol. The number of likely N-dealkylation sites (N-methyl/N-ethyl adjacent to an activating group) is 1. The van der Waals surface area contributed by atoms with Gasteiger partial charge < -0.3 is 40.0 Å². The summed E-state index contributed by atoms with van der Waals surface area (Å²) in [7, 11) is 3.13. The minimum atomic E-state index is -1.79. The number of carbonyl (C=O) groups is 4. The molecule has 0 aromatic heterocycles. The second-order valence-electron chi connectivity index (χ2n) is 15.5. The average molecular weight is 776 g/mol. The van der Waals surface area contributed by atoms with E-state index in [-0.39, 0.29) is 30.1 Å². The van der Waals surface area contributed by atoms with Crippen molar-refractivity contribution in [2.75, 3.05) is 14.2 Å². The summed E-state index contributed by atoms with van der Waals surface area (Å²) in [6, 6.07) is 11.4. The third-order valence-electron chi connectivity index (χ3n) is 10.6. The largest absolute Gasteiger partial charge is 0.508 e. The fourth-order valence-corrected chi connectivity index (χ4v) is 6.73. The maximum atomic E-state index is 14.3. The van der Waals surface area contributed by atoms with E-state index in [4.69, 9.17) is 14.2 Å². The van der Waals surface area contributed by atoms with Crippen LogP contribution in [0.4, 0.5) is 0 Å². The summed E-state index contributed by atoms with van der Waals surface area (Å²) in [4.78, 5) is 57.8. The number of ether oxygens (including phenoxy) is 3. The number of hydrogen-bond acceptors (Lipinski definition) is 9. The molecule has 1 heterocycles. The first kappa shape index (κ1) is 45.6. The van der Waals surface area contributed by atoms with Gasteiger partial charge in [-0.1, -0.05) is 94.5 Å². The van der Waals surface area contributed by atoms with Gasteiger partial charge in [-0.2, -0.15) is 0 Å². The summed E-state index contributed by atoms with van der Waals surface area (Å²) < 4.78 is 17.5. The highest BCUT2D eigenvalue weighted by atomic mass is 16.6. The number of aliphatic hydroxyl groups is 1. The van der Waals surface area contributed by atoms with E-state index in [2.05, 4.69) is 23.8 Å². The molecule has 0 radical (unpaired) electrons. The molecule has 0 spiro atoms. The molecule has 306 valence electrons. The Kier molecular flexibility index (Phi) is 16.2. The lowest BCUT2D eigenvalue weighted by molar-refractivity contribution is -0.162. The highest BCUT2D eigenvalue weighted by Gasteiger charge is 2.61. The highest BCUT2D eigenvalue weighted by Crippen LogP contribution is 2.42. The molecule has 0 saturated carbocycles. The van der Waals surface area contributed by atoms with Crippen molar-refractivity contribution in [3.63, 3.8) is 0 Å². The van der Waals surface area contributed by atoms with Gasteiger partial charge in [-0.05, 0) is 62.4 Å². The van der Waals surface area contributed by atoms with Crippen molar-refractivity contribution in [2.24, 2.45) is 11.8 Å². The van der Waals surface area contributed by atoms with E-state index in [1.165, 1.54) is 30.9 Å². The minimum Gasteiger partial charge on any atom is -0.508 e. The smallest absolute Gasteiger partial charge is 0.332 e. The monoisotopic (exact) mass is 775 g/mol. The SMILES string of the molecule is C=C/C=C(\C)C(C[C@@H]1O[C@@]1(C)C(=O)N(C)C(C(=O)NC(Cc1ccc(O)cc1)C(=O)NC(C(=O)OC(c1ccccc1)C(C)C=C)C(C)(C)O)C(C)CC)OC. The molecule has 7 unspecified atom stereocenters. The molecule has 0 bridgehead atoms. The van der Waals surface area contributed by atoms with Crippen molar-refractivity contribution >= 4 is 23.7 Å². The van der Waals surface area contributed by atoms with Gasteiger partial charge in [0.1, 0.15) is 23.9 Å². The van der Waals surface area contributed by atoms with Gasteiger partial charge in [0, 0.05) is 32.9 Å². The predicted octanol–water partition coefficient (Wildman–Crippen LogP) is 5.35. The number of amides is 3. The number of methoxy groups -OCH3 is 1. The topological polar surface area (TPSA) is 167 Å². The second kappa shape index (κ2) is 19.9. The number of phenols is 1. The van der Waals surface area contributed by atoms with E-state index in [0.717, 1.165) is 5.57 Å². The Bertz CT molecular complexity index is 1700. The third kappa shape index (κ3) is 11.6. The molecular formula is C44H61N3O9. The van der Waals surface area contributed by atoms with Crippen LogP contribution in [0, 0.1) is 11.8 Å². The number of allylic oxidation sites excluding steroid dienone is 2. The van der Waals surface area contributed by atoms with Gasteiger partial charge >= 0.3 is 5.97 Å². The molecule has 1 fully saturated rings. The van der Waals surface area contributed by atoms with Crippen molar-refractivity contribution in [1.82, 2.24) is 15.5 Å².